The maximum Gasteiger partial charge on any atom is 0.336 e. The number of aliphatic hydroxyl groups is 3. The second-order valence-electron chi connectivity index (χ2n) is 7.13. The molecule has 0 spiro atoms. The smallest absolute Gasteiger partial charge is 0.336 e. The molecule has 3 rings (SSSR count). The van der Waals surface area contributed by atoms with Crippen molar-refractivity contribution in [1.29, 1.82) is 0 Å². The van der Waals surface area contributed by atoms with E-state index in [1.807, 2.05) is 6.92 Å². The number of carbonyl (C=O) groups excluding carboxylic acids is 1. The minimum absolute atomic E-state index is 0.139. The first-order valence-electron chi connectivity index (χ1n) is 7.16. The van der Waals surface area contributed by atoms with Crippen LogP contribution in [0.15, 0.2) is 11.1 Å². The van der Waals surface area contributed by atoms with E-state index in [0.717, 1.165) is 0 Å². The lowest BCUT2D eigenvalue weighted by Crippen LogP contribution is -2.61. The van der Waals surface area contributed by atoms with E-state index in [1.54, 1.807) is 13.8 Å². The molecule has 3 N–H and O–H groups in total. The summed E-state index contributed by atoms with van der Waals surface area (Å²) in [5.41, 5.74) is -0.566. The van der Waals surface area contributed by atoms with Crippen molar-refractivity contribution in [3.05, 3.63) is 11.1 Å². The summed E-state index contributed by atoms with van der Waals surface area (Å²) in [5.74, 6) is -2.31. The Kier molecular flexibility index (Phi) is 2.70. The third-order valence-corrected chi connectivity index (χ3v) is 5.75. The first-order valence-corrected chi connectivity index (χ1v) is 7.16. The van der Waals surface area contributed by atoms with Crippen molar-refractivity contribution in [3.63, 3.8) is 0 Å². The first-order chi connectivity index (χ1) is 9.10. The zero-order valence-corrected chi connectivity index (χ0v) is 12.1. The fraction of sp³-hybridized carbons (Fsp3) is 0.800. The Hall–Kier alpha value is -0.910. The zero-order valence-electron chi connectivity index (χ0n) is 12.1. The zero-order chi connectivity index (χ0) is 14.9. The van der Waals surface area contributed by atoms with Crippen molar-refractivity contribution in [3.8, 4) is 0 Å². The van der Waals surface area contributed by atoms with Crippen LogP contribution in [0.2, 0.25) is 0 Å². The largest absolute Gasteiger partial charge is 0.426 e. The number of carbonyl (C=O) groups is 1. The molecule has 0 aromatic rings. The summed E-state index contributed by atoms with van der Waals surface area (Å²) < 4.78 is 5.15. The molecule has 0 unspecified atom stereocenters. The van der Waals surface area contributed by atoms with E-state index in [9.17, 15) is 20.1 Å². The summed E-state index contributed by atoms with van der Waals surface area (Å²) in [6, 6.07) is 0. The average Bonchev–Trinajstić information content (AvgIpc) is 2.53. The van der Waals surface area contributed by atoms with Crippen molar-refractivity contribution >= 4 is 5.97 Å². The van der Waals surface area contributed by atoms with Crippen LogP contribution in [-0.4, -0.2) is 38.8 Å². The first kappa shape index (κ1) is 14.0. The van der Waals surface area contributed by atoms with Crippen LogP contribution in [0.1, 0.15) is 46.5 Å². The van der Waals surface area contributed by atoms with Crippen LogP contribution in [0.3, 0.4) is 0 Å². The topological polar surface area (TPSA) is 87.0 Å². The number of rotatable bonds is 0. The molecule has 0 aromatic carbocycles. The Morgan fingerprint density at radius 1 is 1.30 bits per heavy atom. The van der Waals surface area contributed by atoms with Gasteiger partial charge in [0.15, 0.2) is 0 Å². The Balaban J connectivity index is 2.08. The maximum absolute atomic E-state index is 11.7. The molecule has 0 amide bonds. The SMILES string of the molecule is CC1=C2C[C@@H]3[C@@](C)(C[C@]2(O)OC1=O)[C@H](O)CC[C@@]3(C)O. The molecule has 0 saturated heterocycles. The monoisotopic (exact) mass is 282 g/mol. The van der Waals surface area contributed by atoms with Gasteiger partial charge in [-0.1, -0.05) is 6.92 Å². The molecule has 3 aliphatic rings. The number of esters is 1. The third kappa shape index (κ3) is 1.63. The molecule has 0 bridgehead atoms. The fourth-order valence-electron chi connectivity index (χ4n) is 4.45. The van der Waals surface area contributed by atoms with E-state index in [-0.39, 0.29) is 12.3 Å². The van der Waals surface area contributed by atoms with Crippen molar-refractivity contribution in [2.45, 2.75) is 63.9 Å². The molecule has 5 nitrogen and oxygen atoms in total. The van der Waals surface area contributed by atoms with E-state index in [1.165, 1.54) is 0 Å². The summed E-state index contributed by atoms with van der Waals surface area (Å²) in [5, 5.41) is 31.7. The van der Waals surface area contributed by atoms with Gasteiger partial charge in [-0.3, -0.25) is 0 Å². The van der Waals surface area contributed by atoms with Gasteiger partial charge < -0.3 is 20.1 Å². The molecule has 2 aliphatic carbocycles. The summed E-state index contributed by atoms with van der Waals surface area (Å²) in [4.78, 5) is 11.7. The van der Waals surface area contributed by atoms with Gasteiger partial charge in [-0.25, -0.2) is 4.79 Å². The molecule has 1 aliphatic heterocycles. The molecule has 0 aromatic heterocycles. The molecule has 112 valence electrons. The second kappa shape index (κ2) is 3.84. The number of aliphatic hydroxyl groups excluding tert-OH is 1. The van der Waals surface area contributed by atoms with Gasteiger partial charge in [-0.2, -0.15) is 0 Å². The van der Waals surface area contributed by atoms with E-state index in [4.69, 9.17) is 4.74 Å². The molecule has 5 heteroatoms. The molecule has 1 heterocycles. The van der Waals surface area contributed by atoms with Gasteiger partial charge in [0.2, 0.25) is 5.79 Å². The van der Waals surface area contributed by atoms with E-state index in [0.29, 0.717) is 30.4 Å². The quantitative estimate of drug-likeness (QED) is 0.574. The van der Waals surface area contributed by atoms with Gasteiger partial charge >= 0.3 is 5.97 Å². The van der Waals surface area contributed by atoms with Crippen LogP contribution < -0.4 is 0 Å². The molecule has 2 fully saturated rings. The van der Waals surface area contributed by atoms with Crippen LogP contribution in [0.4, 0.5) is 0 Å². The highest BCUT2D eigenvalue weighted by Gasteiger charge is 2.63. The highest BCUT2D eigenvalue weighted by molar-refractivity contribution is 5.92. The predicted octanol–water partition coefficient (Wildman–Crippen LogP) is 0.870. The van der Waals surface area contributed by atoms with Crippen molar-refractivity contribution in [2.24, 2.45) is 11.3 Å². The standard InChI is InChI=1S/C15H22O5/c1-8-9-6-10-13(2,7-15(9,19)20-12(8)17)11(16)4-5-14(10,3)18/h10-11,16,18-19H,4-7H2,1-3H3/t10-,11-,13-,14-,15+/m1/s1. The average molecular weight is 282 g/mol. The lowest BCUT2D eigenvalue weighted by atomic mass is 9.52. The van der Waals surface area contributed by atoms with Crippen molar-refractivity contribution < 1.29 is 24.9 Å². The van der Waals surface area contributed by atoms with Gasteiger partial charge in [-0.15, -0.1) is 0 Å². The number of hydrogen-bond donors (Lipinski definition) is 3. The Bertz CT molecular complexity index is 508. The number of hydrogen-bond acceptors (Lipinski definition) is 5. The molecular formula is C15H22O5. The van der Waals surface area contributed by atoms with Crippen LogP contribution in [0, 0.1) is 11.3 Å². The van der Waals surface area contributed by atoms with Gasteiger partial charge in [0.05, 0.1) is 11.7 Å². The van der Waals surface area contributed by atoms with Crippen LogP contribution in [-0.2, 0) is 9.53 Å². The fourth-order valence-corrected chi connectivity index (χ4v) is 4.45. The van der Waals surface area contributed by atoms with E-state index >= 15 is 0 Å². The van der Waals surface area contributed by atoms with Crippen molar-refractivity contribution in [1.82, 2.24) is 0 Å². The predicted molar refractivity (Wildman–Crippen MR) is 70.4 cm³/mol. The lowest BCUT2D eigenvalue weighted by Gasteiger charge is -2.57. The lowest BCUT2D eigenvalue weighted by molar-refractivity contribution is -0.239. The van der Waals surface area contributed by atoms with Crippen molar-refractivity contribution in [2.75, 3.05) is 0 Å². The summed E-state index contributed by atoms with van der Waals surface area (Å²) in [7, 11) is 0. The minimum Gasteiger partial charge on any atom is -0.426 e. The van der Waals surface area contributed by atoms with Crippen LogP contribution in [0.25, 0.3) is 0 Å². The van der Waals surface area contributed by atoms with Crippen LogP contribution >= 0.6 is 0 Å². The Morgan fingerprint density at radius 2 is 1.95 bits per heavy atom. The van der Waals surface area contributed by atoms with Gasteiger partial charge in [0, 0.05) is 23.0 Å². The molecule has 20 heavy (non-hydrogen) atoms. The number of ether oxygens (including phenoxy) is 1. The molecule has 2 saturated carbocycles. The normalized spacial score (nSPS) is 51.6. The number of fused-ring (bicyclic) bond motifs is 2. The Labute approximate surface area is 118 Å². The maximum atomic E-state index is 11.7. The van der Waals surface area contributed by atoms with Gasteiger partial charge in [0.1, 0.15) is 0 Å². The second-order valence-corrected chi connectivity index (χ2v) is 7.13. The summed E-state index contributed by atoms with van der Waals surface area (Å²) in [6.45, 7) is 5.29. The third-order valence-electron chi connectivity index (χ3n) is 5.75. The Morgan fingerprint density at radius 3 is 2.60 bits per heavy atom. The van der Waals surface area contributed by atoms with Crippen LogP contribution in [0.5, 0.6) is 0 Å². The highest BCUT2D eigenvalue weighted by Crippen LogP contribution is 2.59. The molecule has 5 atom stereocenters. The summed E-state index contributed by atoms with van der Waals surface area (Å²) >= 11 is 0. The summed E-state index contributed by atoms with van der Waals surface area (Å²) in [6.07, 6.45) is 0.920. The van der Waals surface area contributed by atoms with Gasteiger partial charge in [0.25, 0.3) is 0 Å². The van der Waals surface area contributed by atoms with E-state index < -0.39 is 28.9 Å². The van der Waals surface area contributed by atoms with E-state index in [2.05, 4.69) is 0 Å². The minimum atomic E-state index is -1.61. The molecule has 0 radical (unpaired) electrons. The van der Waals surface area contributed by atoms with Gasteiger partial charge in [-0.05, 0) is 39.0 Å². The highest BCUT2D eigenvalue weighted by atomic mass is 16.7. The molecular weight excluding hydrogens is 260 g/mol.